The summed E-state index contributed by atoms with van der Waals surface area (Å²) >= 11 is 0. The molecule has 1 fully saturated rings. The first-order valence-corrected chi connectivity index (χ1v) is 13.6. The molecule has 0 amide bonds. The molecule has 1 saturated carbocycles. The molecule has 2 aromatic rings. The predicted octanol–water partition coefficient (Wildman–Crippen LogP) is 7.11. The first-order chi connectivity index (χ1) is 17.3. The summed E-state index contributed by atoms with van der Waals surface area (Å²) in [6.45, 7) is 14.3. The molecular weight excluding hydrogens is 462 g/mol. The summed E-state index contributed by atoms with van der Waals surface area (Å²) in [6.07, 6.45) is 2.85. The molecule has 3 rings (SSSR count). The second-order valence-electron chi connectivity index (χ2n) is 12.4. The fraction of sp³-hybridized carbons (Fsp3) is 0.562. The Hall–Kier alpha value is -2.66. The molecule has 0 aromatic heterocycles. The molecule has 1 aliphatic rings. The molecule has 2 aromatic carbocycles. The topological polar surface area (TPSA) is 55.8 Å². The Balaban J connectivity index is 2.00. The first-order valence-electron chi connectivity index (χ1n) is 13.6. The van der Waals surface area contributed by atoms with Gasteiger partial charge in [0, 0.05) is 25.0 Å². The molecule has 202 valence electrons. The van der Waals surface area contributed by atoms with E-state index in [2.05, 4.69) is 60.4 Å². The molecule has 4 atom stereocenters. The molecule has 0 N–H and O–H groups in total. The average molecular weight is 508 g/mol. The van der Waals surface area contributed by atoms with Crippen LogP contribution in [-0.2, 0) is 25.6 Å². The van der Waals surface area contributed by atoms with Crippen molar-refractivity contribution in [1.29, 1.82) is 0 Å². The van der Waals surface area contributed by atoms with Gasteiger partial charge in [-0.25, -0.2) is 0 Å². The van der Waals surface area contributed by atoms with Gasteiger partial charge in [0.1, 0.15) is 11.2 Å². The Morgan fingerprint density at radius 3 is 2.00 bits per heavy atom. The molecule has 0 radical (unpaired) electrons. The van der Waals surface area contributed by atoms with Crippen LogP contribution in [0.15, 0.2) is 60.7 Å². The summed E-state index contributed by atoms with van der Waals surface area (Å²) in [7, 11) is 0. The Kier molecular flexibility index (Phi) is 9.57. The van der Waals surface area contributed by atoms with Crippen molar-refractivity contribution in [1.82, 2.24) is 4.90 Å². The predicted molar refractivity (Wildman–Crippen MR) is 148 cm³/mol. The van der Waals surface area contributed by atoms with Crippen molar-refractivity contribution >= 4 is 11.9 Å². The highest BCUT2D eigenvalue weighted by molar-refractivity contribution is 5.76. The number of hydrogen-bond donors (Lipinski definition) is 0. The number of carbonyl (C=O) groups excluding carboxylic acids is 2. The number of hydrogen-bond acceptors (Lipinski definition) is 5. The largest absolute Gasteiger partial charge is 0.460 e. The van der Waals surface area contributed by atoms with E-state index >= 15 is 0 Å². The van der Waals surface area contributed by atoms with E-state index in [-0.39, 0.29) is 36.4 Å². The molecule has 37 heavy (non-hydrogen) atoms. The summed E-state index contributed by atoms with van der Waals surface area (Å²) in [5, 5.41) is 0. The second-order valence-corrected chi connectivity index (χ2v) is 12.4. The van der Waals surface area contributed by atoms with Crippen LogP contribution in [0.1, 0.15) is 91.3 Å². The fourth-order valence-electron chi connectivity index (χ4n) is 5.44. The Labute approximate surface area is 223 Å². The van der Waals surface area contributed by atoms with Crippen molar-refractivity contribution in [2.45, 2.75) is 104 Å². The molecule has 0 aliphatic heterocycles. The lowest BCUT2D eigenvalue weighted by molar-refractivity contribution is -0.170. The van der Waals surface area contributed by atoms with E-state index in [9.17, 15) is 9.59 Å². The van der Waals surface area contributed by atoms with Gasteiger partial charge < -0.3 is 9.47 Å². The summed E-state index contributed by atoms with van der Waals surface area (Å²) in [5.41, 5.74) is 1.23. The highest BCUT2D eigenvalue weighted by Crippen LogP contribution is 2.41. The van der Waals surface area contributed by atoms with Gasteiger partial charge in [-0.05, 0) is 78.4 Å². The molecular formula is C32H45NO4. The zero-order valence-electron chi connectivity index (χ0n) is 23.7. The summed E-state index contributed by atoms with van der Waals surface area (Å²) in [5.74, 6) is -1.03. The number of rotatable bonds is 8. The van der Waals surface area contributed by atoms with Crippen molar-refractivity contribution in [3.8, 4) is 0 Å². The first kappa shape index (κ1) is 28.9. The van der Waals surface area contributed by atoms with Gasteiger partial charge in [0.05, 0.1) is 5.92 Å². The van der Waals surface area contributed by atoms with Crippen molar-refractivity contribution in [3.05, 3.63) is 71.8 Å². The Morgan fingerprint density at radius 2 is 1.43 bits per heavy atom. The van der Waals surface area contributed by atoms with Crippen LogP contribution in [-0.4, -0.2) is 34.1 Å². The average Bonchev–Trinajstić information content (AvgIpc) is 2.81. The van der Waals surface area contributed by atoms with Gasteiger partial charge in [-0.2, -0.15) is 0 Å². The maximum atomic E-state index is 13.8. The number of ether oxygens (including phenoxy) is 2. The molecule has 0 heterocycles. The molecule has 0 spiro atoms. The van der Waals surface area contributed by atoms with Crippen LogP contribution >= 0.6 is 0 Å². The van der Waals surface area contributed by atoms with Gasteiger partial charge in [0.25, 0.3) is 0 Å². The van der Waals surface area contributed by atoms with Crippen LogP contribution in [0.2, 0.25) is 0 Å². The summed E-state index contributed by atoms with van der Waals surface area (Å²) in [4.78, 5) is 29.2. The standard InChI is InChI=1S/C32H45NO4/c1-23(25-17-12-9-13-18-25)33(22-24-15-10-8-11-16-24)27-20-14-19-26(21-28(34)36-31(2,3)4)29(27)30(35)37-32(5,6)7/h8-13,15-18,23,26-27,29H,14,19-22H2,1-7H3/t23-,26-,27-,29-/m0/s1. The molecule has 0 bridgehead atoms. The SMILES string of the molecule is C[C@@H](c1ccccc1)N(Cc1ccccc1)[C@H]1CCC[C@@H](CC(=O)OC(C)(C)C)[C@@H]1C(=O)OC(C)(C)C. The van der Waals surface area contributed by atoms with E-state index < -0.39 is 17.1 Å². The van der Waals surface area contributed by atoms with Crippen molar-refractivity contribution in [2.75, 3.05) is 0 Å². The van der Waals surface area contributed by atoms with Crippen molar-refractivity contribution in [3.63, 3.8) is 0 Å². The maximum absolute atomic E-state index is 13.8. The zero-order chi connectivity index (χ0) is 27.2. The molecule has 0 unspecified atom stereocenters. The van der Waals surface area contributed by atoms with E-state index in [0.717, 1.165) is 19.3 Å². The van der Waals surface area contributed by atoms with Crippen LogP contribution in [0.3, 0.4) is 0 Å². The van der Waals surface area contributed by atoms with Gasteiger partial charge in [-0.1, -0.05) is 67.1 Å². The fourth-order valence-corrected chi connectivity index (χ4v) is 5.44. The van der Waals surface area contributed by atoms with E-state index in [1.807, 2.05) is 53.7 Å². The number of nitrogens with zero attached hydrogens (tertiary/aromatic N) is 1. The smallest absolute Gasteiger partial charge is 0.311 e. The number of esters is 2. The Morgan fingerprint density at radius 1 is 0.865 bits per heavy atom. The van der Waals surface area contributed by atoms with E-state index in [4.69, 9.17) is 9.47 Å². The third-order valence-electron chi connectivity index (χ3n) is 6.94. The lowest BCUT2D eigenvalue weighted by Gasteiger charge is -2.46. The van der Waals surface area contributed by atoms with Crippen molar-refractivity contribution < 1.29 is 19.1 Å². The minimum absolute atomic E-state index is 0.0635. The summed E-state index contributed by atoms with van der Waals surface area (Å²) in [6, 6.07) is 20.8. The monoisotopic (exact) mass is 507 g/mol. The maximum Gasteiger partial charge on any atom is 0.311 e. The van der Waals surface area contributed by atoms with Gasteiger partial charge >= 0.3 is 11.9 Å². The number of benzene rings is 2. The van der Waals surface area contributed by atoms with Gasteiger partial charge in [-0.3, -0.25) is 14.5 Å². The highest BCUT2D eigenvalue weighted by Gasteiger charge is 2.45. The van der Waals surface area contributed by atoms with Crippen LogP contribution < -0.4 is 0 Å². The van der Waals surface area contributed by atoms with Crippen molar-refractivity contribution in [2.24, 2.45) is 11.8 Å². The van der Waals surface area contributed by atoms with E-state index in [1.54, 1.807) is 0 Å². The molecule has 5 nitrogen and oxygen atoms in total. The minimum atomic E-state index is -0.606. The zero-order valence-corrected chi connectivity index (χ0v) is 23.7. The lowest BCUT2D eigenvalue weighted by atomic mass is 9.73. The van der Waals surface area contributed by atoms with Gasteiger partial charge in [0.2, 0.25) is 0 Å². The molecule has 1 aliphatic carbocycles. The van der Waals surface area contributed by atoms with Crippen LogP contribution in [0.4, 0.5) is 0 Å². The minimum Gasteiger partial charge on any atom is -0.460 e. The normalized spacial score (nSPS) is 21.4. The quantitative estimate of drug-likeness (QED) is 0.356. The third-order valence-corrected chi connectivity index (χ3v) is 6.94. The highest BCUT2D eigenvalue weighted by atomic mass is 16.6. The third kappa shape index (κ3) is 8.70. The number of carbonyl (C=O) groups is 2. The van der Waals surface area contributed by atoms with E-state index in [0.29, 0.717) is 6.54 Å². The van der Waals surface area contributed by atoms with E-state index in [1.165, 1.54) is 11.1 Å². The summed E-state index contributed by atoms with van der Waals surface area (Å²) < 4.78 is 11.7. The van der Waals surface area contributed by atoms with Crippen LogP contribution in [0.5, 0.6) is 0 Å². The lowest BCUT2D eigenvalue weighted by Crippen LogP contribution is -2.51. The van der Waals surface area contributed by atoms with Gasteiger partial charge in [-0.15, -0.1) is 0 Å². The Bertz CT molecular complexity index is 1010. The van der Waals surface area contributed by atoms with Gasteiger partial charge in [0.15, 0.2) is 0 Å². The second kappa shape index (κ2) is 12.3. The van der Waals surface area contributed by atoms with Crippen LogP contribution in [0, 0.1) is 11.8 Å². The van der Waals surface area contributed by atoms with Crippen LogP contribution in [0.25, 0.3) is 0 Å². The molecule has 5 heteroatoms. The molecule has 0 saturated heterocycles.